The number of H-pyrrole nitrogens is 1. The zero-order valence-electron chi connectivity index (χ0n) is 22.3. The fraction of sp³-hybridized carbons (Fsp3) is 0.481. The van der Waals surface area contributed by atoms with E-state index < -0.39 is 0 Å². The van der Waals surface area contributed by atoms with Crippen molar-refractivity contribution in [3.63, 3.8) is 0 Å². The number of aromatic nitrogens is 1. The van der Waals surface area contributed by atoms with Crippen molar-refractivity contribution in [3.05, 3.63) is 58.5 Å². The highest BCUT2D eigenvalue weighted by Gasteiger charge is 2.20. The van der Waals surface area contributed by atoms with Gasteiger partial charge in [-0.2, -0.15) is 5.26 Å². The van der Waals surface area contributed by atoms with Crippen LogP contribution in [0.5, 0.6) is 0 Å². The van der Waals surface area contributed by atoms with Gasteiger partial charge < -0.3 is 30.7 Å². The summed E-state index contributed by atoms with van der Waals surface area (Å²) in [5.41, 5.74) is 12.4. The van der Waals surface area contributed by atoms with E-state index >= 15 is 0 Å². The van der Waals surface area contributed by atoms with Crippen LogP contribution in [-0.4, -0.2) is 42.5 Å². The Labute approximate surface area is 214 Å². The third kappa shape index (κ3) is 13.4. The molecule has 1 aliphatic heterocycles. The largest absolute Gasteiger partial charge is 0.398 e. The molecule has 0 unspecified atom stereocenters. The van der Waals surface area contributed by atoms with Gasteiger partial charge in [-0.15, -0.1) is 0 Å². The number of aliphatic imine (C=N–C) groups is 1. The summed E-state index contributed by atoms with van der Waals surface area (Å²) in [5.74, 6) is 0.451. The molecule has 2 heterocycles. The van der Waals surface area contributed by atoms with Crippen LogP contribution in [-0.2, 0) is 14.3 Å². The molecule has 0 spiro atoms. The first-order chi connectivity index (χ1) is 17.1. The maximum atomic E-state index is 11.6. The molecule has 198 valence electrons. The molecule has 5 N–H and O–H groups in total. The number of aldehydes is 1. The monoisotopic (exact) mass is 499 g/mol. The number of nitrogens with two attached hydrogens (primary N) is 2. The van der Waals surface area contributed by atoms with Gasteiger partial charge in [0.1, 0.15) is 23.8 Å². The maximum Gasteiger partial charge on any atom is 0.261 e. The molecule has 1 aliphatic rings. The molecule has 1 aromatic heterocycles. The van der Waals surface area contributed by atoms with Crippen LogP contribution in [0.2, 0.25) is 0 Å². The minimum absolute atomic E-state index is 0.0417. The average Bonchev–Trinajstić information content (AvgIpc) is 2.87. The Bertz CT molecular complexity index is 999. The van der Waals surface area contributed by atoms with Crippen LogP contribution in [0.25, 0.3) is 0 Å². The van der Waals surface area contributed by atoms with Gasteiger partial charge in [0.15, 0.2) is 0 Å². The number of rotatable bonds is 4. The molecule has 0 saturated carbocycles. The van der Waals surface area contributed by atoms with Crippen molar-refractivity contribution in [2.24, 2.45) is 16.6 Å². The number of carbonyl (C=O) groups excluding carboxylic acids is 1. The number of amidine groups is 1. The third-order valence-corrected chi connectivity index (χ3v) is 4.80. The SMILES string of the molecule is CC.COC(C)(C)C.N#CC[C@H]1CC[C@@H](C=O)OC1.NC(=Nc1ccccc1)c1c(N)cc[nH]c1=O. The number of pyridine rings is 1. The van der Waals surface area contributed by atoms with Crippen LogP contribution < -0.4 is 17.0 Å². The van der Waals surface area contributed by atoms with Crippen molar-refractivity contribution in [2.45, 2.75) is 65.6 Å². The Morgan fingerprint density at radius 2 is 1.86 bits per heavy atom. The lowest BCUT2D eigenvalue weighted by Crippen LogP contribution is -2.26. The average molecular weight is 500 g/mol. The van der Waals surface area contributed by atoms with E-state index in [0.717, 1.165) is 19.1 Å². The van der Waals surface area contributed by atoms with Gasteiger partial charge in [-0.25, -0.2) is 4.99 Å². The Balaban J connectivity index is 0.000000554. The topological polar surface area (TPSA) is 157 Å². The third-order valence-electron chi connectivity index (χ3n) is 4.80. The maximum absolute atomic E-state index is 11.6. The number of nitrogens with one attached hydrogen (secondary N) is 1. The van der Waals surface area contributed by atoms with Crippen LogP contribution in [0.1, 0.15) is 59.4 Å². The molecule has 0 amide bonds. The first kappa shape index (κ1) is 32.5. The highest BCUT2D eigenvalue weighted by Crippen LogP contribution is 2.19. The first-order valence-electron chi connectivity index (χ1n) is 12.0. The summed E-state index contributed by atoms with van der Waals surface area (Å²) in [6, 6.07) is 12.8. The lowest BCUT2D eigenvalue weighted by Gasteiger charge is -2.23. The predicted molar refractivity (Wildman–Crippen MR) is 145 cm³/mol. The molecule has 0 aliphatic carbocycles. The summed E-state index contributed by atoms with van der Waals surface area (Å²) in [5, 5.41) is 8.37. The van der Waals surface area contributed by atoms with Crippen LogP contribution >= 0.6 is 0 Å². The number of methoxy groups -OCH3 is 1. The molecule has 0 radical (unpaired) electrons. The minimum Gasteiger partial charge on any atom is -0.398 e. The van der Waals surface area contributed by atoms with Gasteiger partial charge in [-0.05, 0) is 57.7 Å². The molecule has 3 rings (SSSR count). The second-order valence-corrected chi connectivity index (χ2v) is 8.60. The second kappa shape index (κ2) is 17.9. The molecule has 9 heteroatoms. The molecular formula is C27H41N5O4. The van der Waals surface area contributed by atoms with E-state index in [-0.39, 0.29) is 28.7 Å². The summed E-state index contributed by atoms with van der Waals surface area (Å²) in [6.07, 6.45) is 4.35. The van der Waals surface area contributed by atoms with Crippen molar-refractivity contribution in [1.29, 1.82) is 5.26 Å². The molecule has 2 atom stereocenters. The van der Waals surface area contributed by atoms with Crippen molar-refractivity contribution >= 4 is 23.5 Å². The Morgan fingerprint density at radius 3 is 2.31 bits per heavy atom. The number of hydrogen-bond acceptors (Lipinski definition) is 7. The molecule has 2 aromatic rings. The molecule has 1 fully saturated rings. The first-order valence-corrected chi connectivity index (χ1v) is 12.0. The molecule has 0 bridgehead atoms. The fourth-order valence-corrected chi connectivity index (χ4v) is 2.68. The summed E-state index contributed by atoms with van der Waals surface area (Å²) < 4.78 is 10.1. The van der Waals surface area contributed by atoms with Gasteiger partial charge in [0.2, 0.25) is 0 Å². The number of anilines is 1. The number of benzene rings is 1. The van der Waals surface area contributed by atoms with Crippen LogP contribution in [0.3, 0.4) is 0 Å². The highest BCUT2D eigenvalue weighted by molar-refractivity contribution is 6.02. The summed E-state index contributed by atoms with van der Waals surface area (Å²) in [4.78, 5) is 28.5. The van der Waals surface area contributed by atoms with Crippen LogP contribution in [0, 0.1) is 17.2 Å². The fourth-order valence-electron chi connectivity index (χ4n) is 2.68. The number of nitriles is 1. The summed E-state index contributed by atoms with van der Waals surface area (Å²) >= 11 is 0. The lowest BCUT2D eigenvalue weighted by atomic mass is 9.96. The standard InChI is InChI=1S/C12H12N4O.C8H11NO2.C5H12O.C2H6/c13-9-6-7-15-12(17)10(9)11(14)16-8-4-2-1-3-5-8;9-4-3-7-1-2-8(5-10)11-6-7;1-5(2,3)6-4;1-2/h1-7H,(H2,14,16)(H3,13,15,17);5,7-8H,1-3,6H2;1-4H3;1-2H3/t;7-,8+;;/m.1../s1. The van der Waals surface area contributed by atoms with Crippen molar-refractivity contribution in [3.8, 4) is 6.07 Å². The van der Waals surface area contributed by atoms with Gasteiger partial charge in [-0.1, -0.05) is 32.0 Å². The predicted octanol–water partition coefficient (Wildman–Crippen LogP) is 4.35. The Morgan fingerprint density at radius 1 is 1.25 bits per heavy atom. The zero-order valence-corrected chi connectivity index (χ0v) is 22.3. The summed E-state index contributed by atoms with van der Waals surface area (Å²) in [6.45, 7) is 10.6. The normalized spacial score (nSPS) is 17.0. The number of nitrogens with zero attached hydrogens (tertiary/aromatic N) is 2. The van der Waals surface area contributed by atoms with Gasteiger partial charge in [0.25, 0.3) is 5.56 Å². The van der Waals surface area contributed by atoms with Crippen molar-refractivity contribution < 1.29 is 14.3 Å². The zero-order chi connectivity index (χ0) is 27.6. The Hall–Kier alpha value is -3.48. The van der Waals surface area contributed by atoms with Gasteiger partial charge in [0.05, 0.1) is 24.0 Å². The molecule has 36 heavy (non-hydrogen) atoms. The number of nitrogen functional groups attached to an aromatic ring is 1. The molecular weight excluding hydrogens is 458 g/mol. The van der Waals surface area contributed by atoms with E-state index in [1.54, 1.807) is 25.3 Å². The van der Waals surface area contributed by atoms with Crippen LogP contribution in [0.4, 0.5) is 11.4 Å². The van der Waals surface area contributed by atoms with Crippen LogP contribution in [0.15, 0.2) is 52.4 Å². The number of hydrogen-bond donors (Lipinski definition) is 3. The van der Waals surface area contributed by atoms with E-state index in [2.05, 4.69) is 16.0 Å². The van der Waals surface area contributed by atoms with Crippen molar-refractivity contribution in [2.75, 3.05) is 19.5 Å². The van der Waals surface area contributed by atoms with Gasteiger partial charge in [-0.3, -0.25) is 4.79 Å². The second-order valence-electron chi connectivity index (χ2n) is 8.60. The lowest BCUT2D eigenvalue weighted by molar-refractivity contribution is -0.122. The van der Waals surface area contributed by atoms with E-state index in [1.165, 1.54) is 6.20 Å². The van der Waals surface area contributed by atoms with Gasteiger partial charge >= 0.3 is 0 Å². The molecule has 1 aromatic carbocycles. The number of carbonyl (C=O) groups is 1. The van der Waals surface area contributed by atoms with Crippen molar-refractivity contribution in [1.82, 2.24) is 4.98 Å². The van der Waals surface area contributed by atoms with E-state index in [9.17, 15) is 9.59 Å². The highest BCUT2D eigenvalue weighted by atomic mass is 16.5. The smallest absolute Gasteiger partial charge is 0.261 e. The quantitative estimate of drug-likeness (QED) is 0.321. The molecule has 1 saturated heterocycles. The number of para-hydroxylation sites is 1. The van der Waals surface area contributed by atoms with E-state index in [0.29, 0.717) is 30.3 Å². The summed E-state index contributed by atoms with van der Waals surface area (Å²) in [7, 11) is 1.71. The number of ether oxygens (including phenoxy) is 2. The van der Waals surface area contributed by atoms with Gasteiger partial charge in [0, 0.05) is 25.4 Å². The molecule has 9 nitrogen and oxygen atoms in total. The minimum atomic E-state index is -0.345. The van der Waals surface area contributed by atoms with E-state index in [4.69, 9.17) is 26.2 Å². The van der Waals surface area contributed by atoms with E-state index in [1.807, 2.05) is 52.8 Å². The number of aromatic amines is 1. The Kier molecular flexibility index (Phi) is 16.2.